The first-order valence-corrected chi connectivity index (χ1v) is 11.6. The standard InChI is InChI=1S/C27H30N2O2/c1-28(27(31)21-16-26(30)29(17-21)22-11-3-2-4-12-22)18-25-23-13-7-5-9-19(23)15-20-10-6-8-14-24(20)25/h5-10,13-15,21-22H,2-4,11-12,16-18H2,1H3. The Hall–Kier alpha value is -2.88. The largest absolute Gasteiger partial charge is 0.341 e. The van der Waals surface area contributed by atoms with E-state index in [0.29, 0.717) is 25.6 Å². The molecular formula is C27H30N2O2. The Bertz CT molecular complexity index is 1080. The molecule has 5 rings (SSSR count). The molecular weight excluding hydrogens is 384 g/mol. The third-order valence-electron chi connectivity index (χ3n) is 7.18. The maximum absolute atomic E-state index is 13.3. The molecule has 2 fully saturated rings. The van der Waals surface area contributed by atoms with Gasteiger partial charge in [-0.1, -0.05) is 67.8 Å². The summed E-state index contributed by atoms with van der Waals surface area (Å²) < 4.78 is 0. The fourth-order valence-corrected chi connectivity index (χ4v) is 5.55. The van der Waals surface area contributed by atoms with Gasteiger partial charge in [-0.05, 0) is 46.0 Å². The van der Waals surface area contributed by atoms with Crippen molar-refractivity contribution in [2.75, 3.05) is 13.6 Å². The third kappa shape index (κ3) is 3.80. The molecule has 0 N–H and O–H groups in total. The Balaban J connectivity index is 1.39. The summed E-state index contributed by atoms with van der Waals surface area (Å²) in [6.45, 7) is 1.14. The first-order chi connectivity index (χ1) is 15.1. The summed E-state index contributed by atoms with van der Waals surface area (Å²) >= 11 is 0. The molecule has 0 spiro atoms. The topological polar surface area (TPSA) is 40.6 Å². The van der Waals surface area contributed by atoms with Crippen molar-refractivity contribution in [1.82, 2.24) is 9.80 Å². The highest BCUT2D eigenvalue weighted by Crippen LogP contribution is 2.32. The first kappa shape index (κ1) is 20.0. The molecule has 3 aromatic rings. The van der Waals surface area contributed by atoms with Crippen LogP contribution in [0.2, 0.25) is 0 Å². The second-order valence-corrected chi connectivity index (χ2v) is 9.23. The zero-order valence-electron chi connectivity index (χ0n) is 18.2. The summed E-state index contributed by atoms with van der Waals surface area (Å²) in [5, 5.41) is 4.76. The quantitative estimate of drug-likeness (QED) is 0.555. The van der Waals surface area contributed by atoms with Crippen LogP contribution in [0.3, 0.4) is 0 Å². The highest BCUT2D eigenvalue weighted by Gasteiger charge is 2.39. The minimum absolute atomic E-state index is 0.0867. The van der Waals surface area contributed by atoms with Gasteiger partial charge >= 0.3 is 0 Å². The van der Waals surface area contributed by atoms with Crippen LogP contribution >= 0.6 is 0 Å². The molecule has 160 valence electrons. The van der Waals surface area contributed by atoms with Gasteiger partial charge in [0.2, 0.25) is 11.8 Å². The summed E-state index contributed by atoms with van der Waals surface area (Å²) in [6, 6.07) is 19.3. The van der Waals surface area contributed by atoms with Crippen LogP contribution in [-0.4, -0.2) is 41.2 Å². The molecule has 0 bridgehead atoms. The summed E-state index contributed by atoms with van der Waals surface area (Å²) in [4.78, 5) is 29.8. The van der Waals surface area contributed by atoms with Crippen molar-refractivity contribution in [1.29, 1.82) is 0 Å². The van der Waals surface area contributed by atoms with Crippen LogP contribution in [-0.2, 0) is 16.1 Å². The van der Waals surface area contributed by atoms with E-state index < -0.39 is 0 Å². The lowest BCUT2D eigenvalue weighted by molar-refractivity contribution is -0.135. The van der Waals surface area contributed by atoms with Crippen molar-refractivity contribution >= 4 is 33.4 Å². The molecule has 0 radical (unpaired) electrons. The zero-order chi connectivity index (χ0) is 21.4. The van der Waals surface area contributed by atoms with Crippen molar-refractivity contribution in [3.63, 3.8) is 0 Å². The monoisotopic (exact) mass is 414 g/mol. The van der Waals surface area contributed by atoms with E-state index in [1.165, 1.54) is 46.4 Å². The minimum atomic E-state index is -0.222. The van der Waals surface area contributed by atoms with Crippen molar-refractivity contribution in [2.45, 2.75) is 51.1 Å². The average Bonchev–Trinajstić information content (AvgIpc) is 3.20. The van der Waals surface area contributed by atoms with Crippen molar-refractivity contribution in [3.8, 4) is 0 Å². The number of benzene rings is 3. The minimum Gasteiger partial charge on any atom is -0.341 e. The summed E-state index contributed by atoms with van der Waals surface area (Å²) in [5.74, 6) is 0.0265. The second kappa shape index (κ2) is 8.33. The van der Waals surface area contributed by atoms with Crippen LogP contribution in [0.5, 0.6) is 0 Å². The van der Waals surface area contributed by atoms with Crippen LogP contribution in [0.1, 0.15) is 44.1 Å². The normalized spacial score (nSPS) is 20.0. The molecule has 2 amide bonds. The number of rotatable bonds is 4. The van der Waals surface area contributed by atoms with E-state index in [1.807, 2.05) is 16.8 Å². The van der Waals surface area contributed by atoms with E-state index >= 15 is 0 Å². The van der Waals surface area contributed by atoms with E-state index in [4.69, 9.17) is 0 Å². The van der Waals surface area contributed by atoms with Gasteiger partial charge in [0.15, 0.2) is 0 Å². The number of nitrogens with zero attached hydrogens (tertiary/aromatic N) is 2. The number of fused-ring (bicyclic) bond motifs is 2. The average molecular weight is 415 g/mol. The molecule has 1 saturated heterocycles. The Labute approximate surface area is 183 Å². The smallest absolute Gasteiger partial charge is 0.228 e. The number of amides is 2. The molecule has 1 saturated carbocycles. The summed E-state index contributed by atoms with van der Waals surface area (Å²) in [6.07, 6.45) is 6.19. The van der Waals surface area contributed by atoms with Gasteiger partial charge < -0.3 is 9.80 Å². The van der Waals surface area contributed by atoms with Gasteiger partial charge in [0.25, 0.3) is 0 Å². The maximum atomic E-state index is 13.3. The highest BCUT2D eigenvalue weighted by molar-refractivity contribution is 6.02. The lowest BCUT2D eigenvalue weighted by Gasteiger charge is -2.31. The molecule has 1 heterocycles. The zero-order valence-corrected chi connectivity index (χ0v) is 18.2. The maximum Gasteiger partial charge on any atom is 0.228 e. The Morgan fingerprint density at radius 2 is 1.58 bits per heavy atom. The number of likely N-dealkylation sites (tertiary alicyclic amines) is 1. The molecule has 2 aliphatic rings. The third-order valence-corrected chi connectivity index (χ3v) is 7.18. The Morgan fingerprint density at radius 3 is 2.23 bits per heavy atom. The molecule has 4 nitrogen and oxygen atoms in total. The van der Waals surface area contributed by atoms with Gasteiger partial charge in [0.05, 0.1) is 5.92 Å². The summed E-state index contributed by atoms with van der Waals surface area (Å²) in [7, 11) is 1.88. The molecule has 1 aliphatic carbocycles. The van der Waals surface area contributed by atoms with Crippen molar-refractivity contribution in [2.24, 2.45) is 5.92 Å². The van der Waals surface area contributed by atoms with Crippen molar-refractivity contribution in [3.05, 3.63) is 60.2 Å². The molecule has 3 aromatic carbocycles. The van der Waals surface area contributed by atoms with Gasteiger partial charge in [-0.25, -0.2) is 0 Å². The van der Waals surface area contributed by atoms with Gasteiger partial charge in [-0.2, -0.15) is 0 Å². The van der Waals surface area contributed by atoms with E-state index in [0.717, 1.165) is 12.8 Å². The van der Waals surface area contributed by atoms with Crippen LogP contribution in [0.25, 0.3) is 21.5 Å². The SMILES string of the molecule is CN(Cc1c2ccccc2cc2ccccc12)C(=O)C1CC(=O)N(C2CCCCC2)C1. The second-order valence-electron chi connectivity index (χ2n) is 9.23. The predicted molar refractivity (Wildman–Crippen MR) is 125 cm³/mol. The van der Waals surface area contributed by atoms with Crippen LogP contribution < -0.4 is 0 Å². The Kier molecular flexibility index (Phi) is 5.39. The Morgan fingerprint density at radius 1 is 0.968 bits per heavy atom. The highest BCUT2D eigenvalue weighted by atomic mass is 16.2. The van der Waals surface area contributed by atoms with E-state index in [9.17, 15) is 9.59 Å². The van der Waals surface area contributed by atoms with Gasteiger partial charge in [0, 0.05) is 32.6 Å². The number of hydrogen-bond donors (Lipinski definition) is 0. The fourth-order valence-electron chi connectivity index (χ4n) is 5.55. The van der Waals surface area contributed by atoms with Crippen LogP contribution in [0, 0.1) is 5.92 Å². The van der Waals surface area contributed by atoms with Crippen molar-refractivity contribution < 1.29 is 9.59 Å². The predicted octanol–water partition coefficient (Wildman–Crippen LogP) is 5.13. The van der Waals surface area contributed by atoms with E-state index in [-0.39, 0.29) is 17.7 Å². The van der Waals surface area contributed by atoms with Gasteiger partial charge in [0.1, 0.15) is 0 Å². The van der Waals surface area contributed by atoms with Gasteiger partial charge in [-0.15, -0.1) is 0 Å². The van der Waals surface area contributed by atoms with Crippen LogP contribution in [0.4, 0.5) is 0 Å². The molecule has 1 atom stereocenters. The van der Waals surface area contributed by atoms with E-state index in [1.54, 1.807) is 0 Å². The lowest BCUT2D eigenvalue weighted by Crippen LogP contribution is -2.39. The molecule has 1 unspecified atom stereocenters. The number of carbonyl (C=O) groups is 2. The molecule has 1 aliphatic heterocycles. The van der Waals surface area contributed by atoms with Gasteiger partial charge in [-0.3, -0.25) is 9.59 Å². The number of carbonyl (C=O) groups excluding carboxylic acids is 2. The molecule has 4 heteroatoms. The molecule has 0 aromatic heterocycles. The number of hydrogen-bond acceptors (Lipinski definition) is 2. The fraction of sp³-hybridized carbons (Fsp3) is 0.407. The summed E-state index contributed by atoms with van der Waals surface area (Å²) in [5.41, 5.74) is 1.18. The lowest BCUT2D eigenvalue weighted by atomic mass is 9.94. The van der Waals surface area contributed by atoms with E-state index in [2.05, 4.69) is 54.6 Å². The van der Waals surface area contributed by atoms with Crippen LogP contribution in [0.15, 0.2) is 54.6 Å². The first-order valence-electron chi connectivity index (χ1n) is 11.6. The molecule has 31 heavy (non-hydrogen) atoms.